The average molecular weight is 433 g/mol. The SMILES string of the molecule is COC(=O)[C@H](Cc1ccccc1)N(C/C=C/C1CCCCC1)S(=O)(=O)C(F)(F)F. The fourth-order valence-electron chi connectivity index (χ4n) is 3.49. The number of carbonyl (C=O) groups excluding carboxylic acids is 1. The normalized spacial score (nSPS) is 17.6. The van der Waals surface area contributed by atoms with Crippen molar-refractivity contribution in [2.45, 2.75) is 50.1 Å². The number of alkyl halides is 3. The Kier molecular flexibility index (Phi) is 8.27. The van der Waals surface area contributed by atoms with E-state index in [0.717, 1.165) is 39.2 Å². The maximum absolute atomic E-state index is 13.3. The number of ether oxygens (including phenoxy) is 1. The van der Waals surface area contributed by atoms with Crippen molar-refractivity contribution < 1.29 is 31.1 Å². The summed E-state index contributed by atoms with van der Waals surface area (Å²) in [4.78, 5) is 12.3. The maximum Gasteiger partial charge on any atom is 0.511 e. The van der Waals surface area contributed by atoms with E-state index < -0.39 is 34.1 Å². The lowest BCUT2D eigenvalue weighted by Gasteiger charge is -2.29. The van der Waals surface area contributed by atoms with Crippen LogP contribution in [0.3, 0.4) is 0 Å². The Morgan fingerprint density at radius 1 is 1.21 bits per heavy atom. The first-order chi connectivity index (χ1) is 13.7. The molecule has 9 heteroatoms. The number of rotatable bonds is 8. The molecule has 0 aromatic heterocycles. The molecule has 0 N–H and O–H groups in total. The molecule has 0 bridgehead atoms. The number of allylic oxidation sites excluding steroid dienone is 1. The number of hydrogen-bond acceptors (Lipinski definition) is 4. The molecule has 5 nitrogen and oxygen atoms in total. The lowest BCUT2D eigenvalue weighted by molar-refractivity contribution is -0.145. The number of methoxy groups -OCH3 is 1. The molecule has 0 radical (unpaired) electrons. The fraction of sp³-hybridized carbons (Fsp3) is 0.550. The monoisotopic (exact) mass is 433 g/mol. The van der Waals surface area contributed by atoms with Gasteiger partial charge in [-0.1, -0.05) is 61.7 Å². The summed E-state index contributed by atoms with van der Waals surface area (Å²) in [6.45, 7) is -0.551. The highest BCUT2D eigenvalue weighted by Gasteiger charge is 2.53. The van der Waals surface area contributed by atoms with Gasteiger partial charge >= 0.3 is 21.5 Å². The van der Waals surface area contributed by atoms with Gasteiger partial charge in [-0.15, -0.1) is 0 Å². The van der Waals surface area contributed by atoms with E-state index in [-0.39, 0.29) is 16.6 Å². The van der Waals surface area contributed by atoms with Crippen molar-refractivity contribution in [1.82, 2.24) is 4.31 Å². The molecular formula is C20H26F3NO4S. The van der Waals surface area contributed by atoms with Crippen molar-refractivity contribution in [3.8, 4) is 0 Å². The first kappa shape index (κ1) is 23.4. The number of nitrogens with zero attached hydrogens (tertiary/aromatic N) is 1. The molecule has 1 aromatic carbocycles. The molecule has 1 fully saturated rings. The van der Waals surface area contributed by atoms with Crippen LogP contribution in [0.2, 0.25) is 0 Å². The highest BCUT2D eigenvalue weighted by atomic mass is 32.2. The second kappa shape index (κ2) is 10.2. The highest BCUT2D eigenvalue weighted by molar-refractivity contribution is 7.90. The molecule has 1 aromatic rings. The van der Waals surface area contributed by atoms with E-state index in [2.05, 4.69) is 4.74 Å². The number of hydrogen-bond donors (Lipinski definition) is 0. The number of sulfonamides is 1. The first-order valence-corrected chi connectivity index (χ1v) is 11.0. The van der Waals surface area contributed by atoms with Gasteiger partial charge in [-0.05, 0) is 30.7 Å². The summed E-state index contributed by atoms with van der Waals surface area (Å²) < 4.78 is 69.3. The van der Waals surface area contributed by atoms with Crippen LogP contribution in [0.5, 0.6) is 0 Å². The Labute approximate surface area is 169 Å². The second-order valence-electron chi connectivity index (χ2n) is 7.08. The van der Waals surface area contributed by atoms with E-state index in [0.29, 0.717) is 5.56 Å². The Hall–Kier alpha value is -1.87. The molecule has 1 atom stereocenters. The van der Waals surface area contributed by atoms with Crippen LogP contribution in [0.1, 0.15) is 37.7 Å². The smallest absolute Gasteiger partial charge is 0.468 e. The van der Waals surface area contributed by atoms with Crippen LogP contribution in [0.25, 0.3) is 0 Å². The van der Waals surface area contributed by atoms with Crippen LogP contribution in [-0.4, -0.2) is 43.9 Å². The zero-order valence-electron chi connectivity index (χ0n) is 16.3. The van der Waals surface area contributed by atoms with Crippen LogP contribution in [0.4, 0.5) is 13.2 Å². The van der Waals surface area contributed by atoms with Crippen molar-refractivity contribution in [1.29, 1.82) is 0 Å². The molecule has 1 saturated carbocycles. The second-order valence-corrected chi connectivity index (χ2v) is 8.96. The number of benzene rings is 1. The van der Waals surface area contributed by atoms with Crippen LogP contribution in [0.15, 0.2) is 42.5 Å². The van der Waals surface area contributed by atoms with Gasteiger partial charge in [0, 0.05) is 6.54 Å². The third-order valence-corrected chi connectivity index (χ3v) is 6.64. The van der Waals surface area contributed by atoms with E-state index in [1.54, 1.807) is 36.4 Å². The summed E-state index contributed by atoms with van der Waals surface area (Å²) in [7, 11) is -4.71. The predicted octanol–water partition coefficient (Wildman–Crippen LogP) is 4.06. The molecule has 162 valence electrons. The highest BCUT2D eigenvalue weighted by Crippen LogP contribution is 2.30. The standard InChI is InChI=1S/C20H26F3NO4S/c1-28-19(25)18(15-17-11-6-3-7-12-17)24(29(26,27)20(21,22)23)14-8-13-16-9-4-2-5-10-16/h3,6-8,11-13,16,18H,2,4-5,9-10,14-15H2,1H3/b13-8+/t18-/m0/s1. The summed E-state index contributed by atoms with van der Waals surface area (Å²) in [6, 6.07) is 6.65. The Bertz CT molecular complexity index is 788. The molecule has 0 amide bonds. The zero-order valence-corrected chi connectivity index (χ0v) is 17.1. The van der Waals surface area contributed by atoms with E-state index in [4.69, 9.17) is 0 Å². The molecule has 0 unspecified atom stereocenters. The topological polar surface area (TPSA) is 63.7 Å². The lowest BCUT2D eigenvalue weighted by atomic mass is 9.89. The van der Waals surface area contributed by atoms with Crippen LogP contribution < -0.4 is 0 Å². The Morgan fingerprint density at radius 3 is 2.38 bits per heavy atom. The first-order valence-electron chi connectivity index (χ1n) is 9.53. The van der Waals surface area contributed by atoms with E-state index in [1.807, 2.05) is 0 Å². The van der Waals surface area contributed by atoms with Gasteiger partial charge in [0.25, 0.3) is 0 Å². The van der Waals surface area contributed by atoms with Gasteiger partial charge in [0.1, 0.15) is 6.04 Å². The van der Waals surface area contributed by atoms with Gasteiger partial charge in [0.05, 0.1) is 7.11 Å². The Morgan fingerprint density at radius 2 is 1.83 bits per heavy atom. The van der Waals surface area contributed by atoms with Crippen molar-refractivity contribution in [3.05, 3.63) is 48.0 Å². The van der Waals surface area contributed by atoms with E-state index >= 15 is 0 Å². The van der Waals surface area contributed by atoms with E-state index in [1.165, 1.54) is 6.08 Å². The molecule has 0 saturated heterocycles. The predicted molar refractivity (Wildman–Crippen MR) is 103 cm³/mol. The molecule has 0 spiro atoms. The van der Waals surface area contributed by atoms with Gasteiger partial charge < -0.3 is 4.74 Å². The third-order valence-electron chi connectivity index (χ3n) is 5.04. The van der Waals surface area contributed by atoms with E-state index in [9.17, 15) is 26.4 Å². The average Bonchev–Trinajstić information content (AvgIpc) is 2.70. The summed E-state index contributed by atoms with van der Waals surface area (Å²) in [6.07, 6.45) is 8.01. The minimum Gasteiger partial charge on any atom is -0.468 e. The molecule has 0 aliphatic heterocycles. The van der Waals surface area contributed by atoms with Gasteiger partial charge in [0.15, 0.2) is 0 Å². The Balaban J connectivity index is 2.33. The molecule has 1 aliphatic rings. The molecule has 0 heterocycles. The fourth-order valence-corrected chi connectivity index (χ4v) is 4.53. The van der Waals surface area contributed by atoms with Crippen molar-refractivity contribution >= 4 is 16.0 Å². The summed E-state index contributed by atoms with van der Waals surface area (Å²) in [5.41, 5.74) is -4.99. The van der Waals surface area contributed by atoms with Gasteiger partial charge in [-0.3, -0.25) is 4.79 Å². The number of carbonyl (C=O) groups is 1. The molecular weight excluding hydrogens is 407 g/mol. The quantitative estimate of drug-likeness (QED) is 0.458. The molecule has 2 rings (SSSR count). The van der Waals surface area contributed by atoms with Crippen molar-refractivity contribution in [3.63, 3.8) is 0 Å². The van der Waals surface area contributed by atoms with Crippen LogP contribution in [-0.2, 0) is 26.0 Å². The van der Waals surface area contributed by atoms with Crippen molar-refractivity contribution in [2.75, 3.05) is 13.7 Å². The van der Waals surface area contributed by atoms with Crippen LogP contribution in [0, 0.1) is 5.92 Å². The molecule has 29 heavy (non-hydrogen) atoms. The third kappa shape index (κ3) is 6.30. The molecule has 1 aliphatic carbocycles. The summed E-state index contributed by atoms with van der Waals surface area (Å²) in [5, 5.41) is 0. The van der Waals surface area contributed by atoms with Gasteiger partial charge in [0.2, 0.25) is 0 Å². The van der Waals surface area contributed by atoms with Gasteiger partial charge in [-0.2, -0.15) is 17.5 Å². The summed E-state index contributed by atoms with van der Waals surface area (Å²) in [5.74, 6) is -0.822. The van der Waals surface area contributed by atoms with Gasteiger partial charge in [-0.25, -0.2) is 8.42 Å². The van der Waals surface area contributed by atoms with Crippen LogP contribution >= 0.6 is 0 Å². The summed E-state index contributed by atoms with van der Waals surface area (Å²) >= 11 is 0. The largest absolute Gasteiger partial charge is 0.511 e. The minimum atomic E-state index is -5.73. The lowest BCUT2D eigenvalue weighted by Crippen LogP contribution is -2.51. The van der Waals surface area contributed by atoms with Crippen molar-refractivity contribution in [2.24, 2.45) is 5.92 Å². The number of halogens is 3. The zero-order chi connectivity index (χ0) is 21.5. The minimum absolute atomic E-state index is 0.200. The maximum atomic E-state index is 13.3. The number of esters is 1.